The quantitative estimate of drug-likeness (QED) is 0.728. The molecule has 0 aliphatic rings. The first-order valence-corrected chi connectivity index (χ1v) is 8.34. The minimum Gasteiger partial charge on any atom is -0.423 e. The maximum absolute atomic E-state index is 12.1. The molecule has 0 bridgehead atoms. The van der Waals surface area contributed by atoms with Gasteiger partial charge in [0.25, 0.3) is 0 Å². The third kappa shape index (κ3) is 4.08. The van der Waals surface area contributed by atoms with Crippen LogP contribution in [0.3, 0.4) is 0 Å². The summed E-state index contributed by atoms with van der Waals surface area (Å²) < 4.78 is 30.8. The summed E-state index contributed by atoms with van der Waals surface area (Å²) in [5.74, 6) is 0. The molecule has 0 spiro atoms. The molecule has 6 nitrogen and oxygen atoms in total. The van der Waals surface area contributed by atoms with Crippen molar-refractivity contribution in [2.75, 3.05) is 14.1 Å². The number of benzene rings is 1. The maximum Gasteiger partial charge on any atom is 0.491 e. The van der Waals surface area contributed by atoms with E-state index in [0.29, 0.717) is 5.46 Å². The Morgan fingerprint density at radius 3 is 2.18 bits per heavy atom. The molecule has 0 saturated heterocycles. The maximum atomic E-state index is 12.1. The Kier molecular flexibility index (Phi) is 5.47. The molecule has 0 unspecified atom stereocenters. The van der Waals surface area contributed by atoms with Crippen molar-refractivity contribution < 1.29 is 23.2 Å². The van der Waals surface area contributed by atoms with Gasteiger partial charge in [-0.05, 0) is 45.3 Å². The predicted molar refractivity (Wildman–Crippen MR) is 86.4 cm³/mol. The van der Waals surface area contributed by atoms with Gasteiger partial charge in [0.15, 0.2) is 0 Å². The fourth-order valence-electron chi connectivity index (χ4n) is 1.53. The van der Waals surface area contributed by atoms with Crippen molar-refractivity contribution in [1.82, 2.24) is 4.31 Å². The predicted octanol–water partition coefficient (Wildman–Crippen LogP) is 0.190. The molecule has 0 fully saturated rings. The second-order valence-electron chi connectivity index (χ2n) is 6.40. The molecule has 0 heterocycles. The molecule has 8 heteroatoms. The molecule has 1 rings (SSSR count). The molecule has 0 atom stereocenters. The number of nitrogens with zero attached hydrogens (tertiary/aromatic N) is 1. The summed E-state index contributed by atoms with van der Waals surface area (Å²) in [6.07, 6.45) is 0. The number of hydrogen-bond donors (Lipinski definition) is 2. The number of hydrogen-bond acceptors (Lipinski definition) is 5. The molecule has 22 heavy (non-hydrogen) atoms. The van der Waals surface area contributed by atoms with Gasteiger partial charge in [-0.2, -0.15) is 0 Å². The topological polar surface area (TPSA) is 87.1 Å². The highest BCUT2D eigenvalue weighted by atomic mass is 32.2. The van der Waals surface area contributed by atoms with E-state index < -0.39 is 28.3 Å². The van der Waals surface area contributed by atoms with Gasteiger partial charge in [0.05, 0.1) is 16.1 Å². The van der Waals surface area contributed by atoms with Gasteiger partial charge in [0.1, 0.15) is 0 Å². The molecule has 0 aromatic heterocycles. The second kappa shape index (κ2) is 6.29. The molecule has 0 saturated carbocycles. The summed E-state index contributed by atoms with van der Waals surface area (Å²) in [6, 6.07) is 5.92. The molecule has 1 aromatic carbocycles. The summed E-state index contributed by atoms with van der Waals surface area (Å²) in [5, 5.41) is 20.3. The van der Waals surface area contributed by atoms with Crippen molar-refractivity contribution in [1.29, 1.82) is 0 Å². The van der Waals surface area contributed by atoms with Crippen LogP contribution in [0.1, 0.15) is 27.7 Å². The molecular formula is C14H24BNO5S. The summed E-state index contributed by atoms with van der Waals surface area (Å²) in [4.78, 5) is 0.0683. The Hall–Kier alpha value is -0.925. The zero-order valence-corrected chi connectivity index (χ0v) is 14.7. The van der Waals surface area contributed by atoms with Gasteiger partial charge in [0.2, 0.25) is 10.0 Å². The average molecular weight is 329 g/mol. The van der Waals surface area contributed by atoms with E-state index in [9.17, 15) is 18.5 Å². The Labute approximate surface area is 132 Å². The molecular weight excluding hydrogens is 305 g/mol. The highest BCUT2D eigenvalue weighted by molar-refractivity contribution is 7.89. The summed E-state index contributed by atoms with van der Waals surface area (Å²) in [5.41, 5.74) is -1.90. The number of sulfonamides is 1. The first-order valence-electron chi connectivity index (χ1n) is 6.90. The smallest absolute Gasteiger partial charge is 0.423 e. The van der Waals surface area contributed by atoms with E-state index in [-0.39, 0.29) is 4.90 Å². The third-order valence-corrected chi connectivity index (χ3v) is 5.61. The molecule has 0 amide bonds. The average Bonchev–Trinajstić information content (AvgIpc) is 2.36. The molecule has 0 aliphatic heterocycles. The van der Waals surface area contributed by atoms with Crippen LogP contribution in [-0.2, 0) is 14.7 Å². The van der Waals surface area contributed by atoms with Gasteiger partial charge >= 0.3 is 7.12 Å². The Bertz CT molecular complexity index is 622. The van der Waals surface area contributed by atoms with Crippen LogP contribution in [-0.4, -0.2) is 55.3 Å². The van der Waals surface area contributed by atoms with Crippen molar-refractivity contribution in [3.05, 3.63) is 24.3 Å². The van der Waals surface area contributed by atoms with Gasteiger partial charge in [-0.1, -0.05) is 12.1 Å². The molecule has 124 valence electrons. The molecule has 0 aliphatic carbocycles. The normalized spacial score (nSPS) is 13.5. The summed E-state index contributed by atoms with van der Waals surface area (Å²) >= 11 is 0. The lowest BCUT2D eigenvalue weighted by Gasteiger charge is -2.38. The van der Waals surface area contributed by atoms with Crippen LogP contribution >= 0.6 is 0 Å². The van der Waals surface area contributed by atoms with E-state index in [1.165, 1.54) is 32.3 Å². The number of rotatable bonds is 6. The van der Waals surface area contributed by atoms with Crippen molar-refractivity contribution in [2.45, 2.75) is 43.8 Å². The lowest BCUT2D eigenvalue weighted by Crippen LogP contribution is -2.53. The molecule has 1 aromatic rings. The summed E-state index contributed by atoms with van der Waals surface area (Å²) in [7, 11) is -2.06. The second-order valence-corrected chi connectivity index (χ2v) is 8.55. The van der Waals surface area contributed by atoms with Gasteiger partial charge in [0, 0.05) is 14.1 Å². The Balaban J connectivity index is 3.10. The lowest BCUT2D eigenvalue weighted by molar-refractivity contribution is -0.0982. The fraction of sp³-hybridized carbons (Fsp3) is 0.571. The van der Waals surface area contributed by atoms with Gasteiger partial charge in [-0.25, -0.2) is 12.7 Å². The van der Waals surface area contributed by atoms with Crippen LogP contribution in [0.15, 0.2) is 29.2 Å². The first-order chi connectivity index (χ1) is 9.79. The monoisotopic (exact) mass is 329 g/mol. The van der Waals surface area contributed by atoms with E-state index in [4.69, 9.17) is 4.65 Å². The fourth-order valence-corrected chi connectivity index (χ4v) is 2.49. The molecule has 2 N–H and O–H groups in total. The van der Waals surface area contributed by atoms with Crippen molar-refractivity contribution >= 4 is 22.6 Å². The minimum absolute atomic E-state index is 0.0683. The van der Waals surface area contributed by atoms with E-state index >= 15 is 0 Å². The van der Waals surface area contributed by atoms with E-state index in [2.05, 4.69) is 0 Å². The highest BCUT2D eigenvalue weighted by Crippen LogP contribution is 2.25. The molecule has 0 radical (unpaired) electrons. The summed E-state index contributed by atoms with van der Waals surface area (Å²) in [6.45, 7) is 6.45. The van der Waals surface area contributed by atoms with Crippen LogP contribution in [0, 0.1) is 0 Å². The lowest BCUT2D eigenvalue weighted by atomic mass is 9.76. The number of aliphatic hydroxyl groups is 1. The SMILES string of the molecule is CN(C)S(=O)(=O)c1cccc(B(O)OC(C)(C)C(C)(C)O)c1. The Morgan fingerprint density at radius 2 is 1.73 bits per heavy atom. The van der Waals surface area contributed by atoms with Crippen molar-refractivity contribution in [3.8, 4) is 0 Å². The van der Waals surface area contributed by atoms with E-state index in [1.807, 2.05) is 0 Å². The van der Waals surface area contributed by atoms with Crippen molar-refractivity contribution in [3.63, 3.8) is 0 Å². The van der Waals surface area contributed by atoms with Gasteiger partial charge in [-0.3, -0.25) is 0 Å². The van der Waals surface area contributed by atoms with Crippen LogP contribution in [0.5, 0.6) is 0 Å². The van der Waals surface area contributed by atoms with E-state index in [1.54, 1.807) is 33.8 Å². The Morgan fingerprint density at radius 1 is 1.18 bits per heavy atom. The van der Waals surface area contributed by atoms with Crippen LogP contribution in [0.2, 0.25) is 0 Å². The largest absolute Gasteiger partial charge is 0.491 e. The standard InChI is InChI=1S/C14H24BNO5S/c1-13(2,17)14(3,4)21-15(18)11-8-7-9-12(10-11)22(19,20)16(5)6/h7-10,17-18H,1-6H3. The zero-order chi connectivity index (χ0) is 17.3. The van der Waals surface area contributed by atoms with Crippen LogP contribution in [0.25, 0.3) is 0 Å². The minimum atomic E-state index is -3.59. The van der Waals surface area contributed by atoms with E-state index in [0.717, 1.165) is 4.31 Å². The van der Waals surface area contributed by atoms with Gasteiger partial charge in [-0.15, -0.1) is 0 Å². The third-order valence-electron chi connectivity index (χ3n) is 3.80. The van der Waals surface area contributed by atoms with Crippen molar-refractivity contribution in [2.24, 2.45) is 0 Å². The van der Waals surface area contributed by atoms with Crippen LogP contribution < -0.4 is 5.46 Å². The first kappa shape index (κ1) is 19.1. The van der Waals surface area contributed by atoms with Gasteiger partial charge < -0.3 is 14.8 Å². The highest BCUT2D eigenvalue weighted by Gasteiger charge is 2.39. The zero-order valence-electron chi connectivity index (χ0n) is 13.9. The van der Waals surface area contributed by atoms with Crippen LogP contribution in [0.4, 0.5) is 0 Å².